The van der Waals surface area contributed by atoms with E-state index in [0.717, 1.165) is 12.1 Å². The van der Waals surface area contributed by atoms with Crippen molar-refractivity contribution in [2.24, 2.45) is 0 Å². The van der Waals surface area contributed by atoms with Crippen LogP contribution in [0, 0.1) is 6.92 Å². The lowest BCUT2D eigenvalue weighted by molar-refractivity contribution is 0.0690. The van der Waals surface area contributed by atoms with Gasteiger partial charge in [-0.25, -0.2) is 9.78 Å². The van der Waals surface area contributed by atoms with Gasteiger partial charge in [-0.1, -0.05) is 24.3 Å². The molecule has 1 N–H and O–H groups in total. The van der Waals surface area contributed by atoms with Crippen molar-refractivity contribution in [1.82, 2.24) is 9.88 Å². The van der Waals surface area contributed by atoms with Gasteiger partial charge in [-0.3, -0.25) is 4.90 Å². The van der Waals surface area contributed by atoms with Gasteiger partial charge < -0.3 is 5.11 Å². The molecule has 0 saturated carbocycles. The summed E-state index contributed by atoms with van der Waals surface area (Å²) < 4.78 is 0. The minimum atomic E-state index is -0.992. The van der Waals surface area contributed by atoms with Crippen molar-refractivity contribution < 1.29 is 9.90 Å². The summed E-state index contributed by atoms with van der Waals surface area (Å²) in [5.41, 5.74) is 3.59. The molecule has 0 aliphatic rings. The lowest BCUT2D eigenvalue weighted by Gasteiger charge is -2.18. The zero-order chi connectivity index (χ0) is 14.5. The summed E-state index contributed by atoms with van der Waals surface area (Å²) in [7, 11) is 2.02. The summed E-state index contributed by atoms with van der Waals surface area (Å²) in [5, 5.41) is 8.94. The smallest absolute Gasteiger partial charge is 0.354 e. The van der Waals surface area contributed by atoms with Gasteiger partial charge in [0.05, 0.1) is 0 Å². The van der Waals surface area contributed by atoms with E-state index in [1.807, 2.05) is 25.2 Å². The molecule has 0 spiro atoms. The number of pyridine rings is 1. The maximum Gasteiger partial charge on any atom is 0.354 e. The zero-order valence-corrected chi connectivity index (χ0v) is 11.7. The van der Waals surface area contributed by atoms with Crippen molar-refractivity contribution in [2.45, 2.75) is 20.0 Å². The molecule has 0 aliphatic heterocycles. The molecule has 1 aromatic heterocycles. The van der Waals surface area contributed by atoms with E-state index in [1.165, 1.54) is 11.1 Å². The molecule has 1 aromatic carbocycles. The van der Waals surface area contributed by atoms with Crippen LogP contribution in [-0.2, 0) is 13.1 Å². The minimum Gasteiger partial charge on any atom is -0.477 e. The third-order valence-electron chi connectivity index (χ3n) is 3.20. The normalized spacial score (nSPS) is 10.8. The molecule has 4 heteroatoms. The molecule has 0 saturated heterocycles. The first-order chi connectivity index (χ1) is 9.56. The number of carboxylic acids is 1. The van der Waals surface area contributed by atoms with Gasteiger partial charge >= 0.3 is 5.97 Å². The fraction of sp³-hybridized carbons (Fsp3) is 0.250. The van der Waals surface area contributed by atoms with Gasteiger partial charge in [0.1, 0.15) is 5.69 Å². The maximum absolute atomic E-state index is 10.9. The molecule has 4 nitrogen and oxygen atoms in total. The van der Waals surface area contributed by atoms with Crippen molar-refractivity contribution in [3.63, 3.8) is 0 Å². The zero-order valence-electron chi connectivity index (χ0n) is 11.7. The lowest BCUT2D eigenvalue weighted by atomic mass is 10.1. The van der Waals surface area contributed by atoms with E-state index >= 15 is 0 Å². The fourth-order valence-electron chi connectivity index (χ4n) is 2.14. The average molecular weight is 270 g/mol. The summed E-state index contributed by atoms with van der Waals surface area (Å²) in [6, 6.07) is 11.7. The average Bonchev–Trinajstić information content (AvgIpc) is 2.41. The number of benzene rings is 1. The number of hydrogen-bond donors (Lipinski definition) is 1. The molecular formula is C16H18N2O2. The molecule has 2 aromatic rings. The topological polar surface area (TPSA) is 53.4 Å². The van der Waals surface area contributed by atoms with Crippen LogP contribution in [0.2, 0.25) is 0 Å². The van der Waals surface area contributed by atoms with E-state index in [-0.39, 0.29) is 5.69 Å². The van der Waals surface area contributed by atoms with Gasteiger partial charge in [0.15, 0.2) is 0 Å². The molecule has 0 aliphatic carbocycles. The predicted molar refractivity (Wildman–Crippen MR) is 77.5 cm³/mol. The number of aromatic nitrogens is 1. The highest BCUT2D eigenvalue weighted by Crippen LogP contribution is 2.12. The molecule has 0 amide bonds. The van der Waals surface area contributed by atoms with E-state index in [9.17, 15) is 4.79 Å². The second-order valence-corrected chi connectivity index (χ2v) is 4.95. The summed E-state index contributed by atoms with van der Waals surface area (Å²) in [4.78, 5) is 16.9. The summed E-state index contributed by atoms with van der Waals surface area (Å²) >= 11 is 0. The van der Waals surface area contributed by atoms with Gasteiger partial charge in [0, 0.05) is 19.3 Å². The number of carboxylic acid groups (broad SMARTS) is 1. The number of nitrogens with zero attached hydrogens (tertiary/aromatic N) is 2. The monoisotopic (exact) mass is 270 g/mol. The fourth-order valence-corrected chi connectivity index (χ4v) is 2.14. The summed E-state index contributed by atoms with van der Waals surface area (Å²) in [5.74, 6) is -0.992. The van der Waals surface area contributed by atoms with Crippen molar-refractivity contribution >= 4 is 5.97 Å². The Morgan fingerprint density at radius 3 is 2.70 bits per heavy atom. The first-order valence-electron chi connectivity index (χ1n) is 6.47. The second kappa shape index (κ2) is 6.30. The molecule has 104 valence electrons. The summed E-state index contributed by atoms with van der Waals surface area (Å²) in [6.07, 6.45) is 1.54. The van der Waals surface area contributed by atoms with E-state index in [2.05, 4.69) is 28.9 Å². The molecule has 0 radical (unpaired) electrons. The van der Waals surface area contributed by atoms with E-state index in [0.29, 0.717) is 6.54 Å². The number of hydrogen-bond acceptors (Lipinski definition) is 3. The number of carbonyl (C=O) groups is 1. The Kier molecular flexibility index (Phi) is 4.48. The Hall–Kier alpha value is -2.20. The highest BCUT2D eigenvalue weighted by molar-refractivity contribution is 5.85. The van der Waals surface area contributed by atoms with Crippen molar-refractivity contribution in [3.05, 3.63) is 65.0 Å². The Morgan fingerprint density at radius 1 is 1.25 bits per heavy atom. The standard InChI is InChI=1S/C16H18N2O2/c1-12-5-3-4-6-14(12)11-18(2)10-13-7-8-17-15(9-13)16(19)20/h3-9H,10-11H2,1-2H3,(H,19,20). The third-order valence-corrected chi connectivity index (χ3v) is 3.20. The highest BCUT2D eigenvalue weighted by Gasteiger charge is 2.08. The van der Waals surface area contributed by atoms with Crippen molar-refractivity contribution in [2.75, 3.05) is 7.05 Å². The van der Waals surface area contributed by atoms with Crippen molar-refractivity contribution in [1.29, 1.82) is 0 Å². The predicted octanol–water partition coefficient (Wildman–Crippen LogP) is 2.72. The van der Waals surface area contributed by atoms with Crippen LogP contribution in [0.1, 0.15) is 27.2 Å². The number of rotatable bonds is 5. The van der Waals surface area contributed by atoms with Gasteiger partial charge in [0.2, 0.25) is 0 Å². The lowest BCUT2D eigenvalue weighted by Crippen LogP contribution is -2.18. The minimum absolute atomic E-state index is 0.0896. The Balaban J connectivity index is 2.05. The van der Waals surface area contributed by atoms with Crippen LogP contribution >= 0.6 is 0 Å². The van der Waals surface area contributed by atoms with Gasteiger partial charge in [0.25, 0.3) is 0 Å². The molecule has 20 heavy (non-hydrogen) atoms. The summed E-state index contributed by atoms with van der Waals surface area (Å²) in [6.45, 7) is 3.62. The molecule has 0 fully saturated rings. The Bertz CT molecular complexity index is 611. The van der Waals surface area contributed by atoms with Crippen LogP contribution in [0.4, 0.5) is 0 Å². The second-order valence-electron chi connectivity index (χ2n) is 4.95. The SMILES string of the molecule is Cc1ccccc1CN(C)Cc1ccnc(C(=O)O)c1. The van der Waals surface area contributed by atoms with E-state index in [1.54, 1.807) is 12.3 Å². The van der Waals surface area contributed by atoms with Gasteiger partial charge in [-0.15, -0.1) is 0 Å². The molecule has 0 atom stereocenters. The van der Waals surface area contributed by atoms with Gasteiger partial charge in [-0.2, -0.15) is 0 Å². The maximum atomic E-state index is 10.9. The van der Waals surface area contributed by atoms with Crippen LogP contribution in [0.5, 0.6) is 0 Å². The van der Waals surface area contributed by atoms with Crippen LogP contribution in [0.3, 0.4) is 0 Å². The number of aromatic carboxylic acids is 1. The Labute approximate surface area is 118 Å². The largest absolute Gasteiger partial charge is 0.477 e. The van der Waals surface area contributed by atoms with E-state index < -0.39 is 5.97 Å². The molecule has 0 unspecified atom stereocenters. The van der Waals surface area contributed by atoms with Crippen LogP contribution in [-0.4, -0.2) is 28.0 Å². The quantitative estimate of drug-likeness (QED) is 0.907. The number of aryl methyl sites for hydroxylation is 1. The molecule has 0 bridgehead atoms. The van der Waals surface area contributed by atoms with Crippen LogP contribution < -0.4 is 0 Å². The van der Waals surface area contributed by atoms with Crippen molar-refractivity contribution in [3.8, 4) is 0 Å². The first kappa shape index (κ1) is 14.2. The molecule has 2 rings (SSSR count). The highest BCUT2D eigenvalue weighted by atomic mass is 16.4. The third kappa shape index (κ3) is 3.65. The van der Waals surface area contributed by atoms with E-state index in [4.69, 9.17) is 5.11 Å². The molecule has 1 heterocycles. The first-order valence-corrected chi connectivity index (χ1v) is 6.47. The van der Waals surface area contributed by atoms with Crippen LogP contribution in [0.15, 0.2) is 42.6 Å². The molecular weight excluding hydrogens is 252 g/mol. The van der Waals surface area contributed by atoms with Gasteiger partial charge in [-0.05, 0) is 42.8 Å². The van der Waals surface area contributed by atoms with Crippen LogP contribution in [0.25, 0.3) is 0 Å². The Morgan fingerprint density at radius 2 is 2.00 bits per heavy atom.